The Kier molecular flexibility index (Phi) is 6.85. The lowest BCUT2D eigenvalue weighted by atomic mass is 9.90. The Balaban J connectivity index is 1.70. The minimum atomic E-state index is -0.517. The fourth-order valence-electron chi connectivity index (χ4n) is 3.69. The van der Waals surface area contributed by atoms with Gasteiger partial charge in [-0.2, -0.15) is 0 Å². The third kappa shape index (κ3) is 4.87. The van der Waals surface area contributed by atoms with Crippen molar-refractivity contribution in [2.75, 3.05) is 37.6 Å². The Hall–Kier alpha value is -2.37. The maximum Gasteiger partial charge on any atom is 0.255 e. The fraction of sp³-hybridized carbons (Fsp3) is 0.409. The Morgan fingerprint density at radius 2 is 1.63 bits per heavy atom. The molecule has 0 bridgehead atoms. The van der Waals surface area contributed by atoms with E-state index in [1.54, 1.807) is 5.48 Å². The lowest BCUT2D eigenvalue weighted by Gasteiger charge is -2.36. The van der Waals surface area contributed by atoms with Crippen LogP contribution in [-0.4, -0.2) is 48.7 Å². The summed E-state index contributed by atoms with van der Waals surface area (Å²) in [6.07, 6.45) is 2.51. The number of hydrogen-bond donors (Lipinski definition) is 2. The van der Waals surface area contributed by atoms with Gasteiger partial charge in [0.05, 0.1) is 5.92 Å². The van der Waals surface area contributed by atoms with E-state index in [1.807, 2.05) is 42.5 Å². The number of rotatable bonds is 7. The second-order valence-corrected chi connectivity index (χ2v) is 7.09. The number of anilines is 1. The maximum atomic E-state index is 12.2. The zero-order valence-corrected chi connectivity index (χ0v) is 16.0. The molecule has 144 valence electrons. The third-order valence-corrected chi connectivity index (χ3v) is 5.30. The summed E-state index contributed by atoms with van der Waals surface area (Å²) in [6, 6.07) is 17.7. The number of piperazine rings is 1. The Labute approximate surface area is 161 Å². The highest BCUT2D eigenvalue weighted by atomic mass is 16.5. The van der Waals surface area contributed by atoms with Crippen molar-refractivity contribution in [3.8, 4) is 0 Å². The standard InChI is InChI=1S/C22H29N3O2/c1-2-3-13-24-14-16-25(17-15-24)20-11-9-19(10-12-20)21(22(26)23-27)18-7-5-4-6-8-18/h4-12,21,27H,2-3,13-17H2,1H3,(H,23,26). The van der Waals surface area contributed by atoms with Crippen molar-refractivity contribution in [1.29, 1.82) is 0 Å². The maximum absolute atomic E-state index is 12.2. The zero-order chi connectivity index (χ0) is 19.1. The molecule has 5 heteroatoms. The van der Waals surface area contributed by atoms with Gasteiger partial charge in [0.2, 0.25) is 0 Å². The summed E-state index contributed by atoms with van der Waals surface area (Å²) in [5.74, 6) is -0.936. The Bertz CT molecular complexity index is 710. The molecule has 0 spiro atoms. The topological polar surface area (TPSA) is 55.8 Å². The molecular formula is C22H29N3O2. The van der Waals surface area contributed by atoms with Crippen molar-refractivity contribution in [3.05, 3.63) is 65.7 Å². The second kappa shape index (κ2) is 9.53. The van der Waals surface area contributed by atoms with Crippen LogP contribution in [0.4, 0.5) is 5.69 Å². The van der Waals surface area contributed by atoms with Gasteiger partial charge in [-0.05, 0) is 36.2 Å². The van der Waals surface area contributed by atoms with Gasteiger partial charge in [-0.3, -0.25) is 14.9 Å². The van der Waals surface area contributed by atoms with Crippen LogP contribution in [-0.2, 0) is 4.79 Å². The van der Waals surface area contributed by atoms with Crippen LogP contribution in [0.5, 0.6) is 0 Å². The van der Waals surface area contributed by atoms with Crippen molar-refractivity contribution < 1.29 is 10.0 Å². The van der Waals surface area contributed by atoms with E-state index < -0.39 is 11.8 Å². The van der Waals surface area contributed by atoms with Gasteiger partial charge in [-0.25, -0.2) is 5.48 Å². The number of carbonyl (C=O) groups excluding carboxylic acids is 1. The van der Waals surface area contributed by atoms with Crippen LogP contribution in [0.1, 0.15) is 36.8 Å². The van der Waals surface area contributed by atoms with Crippen LogP contribution in [0.3, 0.4) is 0 Å². The van der Waals surface area contributed by atoms with Gasteiger partial charge in [-0.1, -0.05) is 55.8 Å². The molecule has 0 radical (unpaired) electrons. The molecule has 2 aromatic carbocycles. The molecule has 1 fully saturated rings. The van der Waals surface area contributed by atoms with Crippen LogP contribution >= 0.6 is 0 Å². The predicted octanol–water partition coefficient (Wildman–Crippen LogP) is 3.25. The summed E-state index contributed by atoms with van der Waals surface area (Å²) < 4.78 is 0. The first-order valence-electron chi connectivity index (χ1n) is 9.79. The normalized spacial score (nSPS) is 16.1. The van der Waals surface area contributed by atoms with Gasteiger partial charge in [0.25, 0.3) is 5.91 Å². The lowest BCUT2D eigenvalue weighted by molar-refractivity contribution is -0.129. The summed E-state index contributed by atoms with van der Waals surface area (Å²) in [7, 11) is 0. The fourth-order valence-corrected chi connectivity index (χ4v) is 3.69. The minimum absolute atomic E-state index is 0.418. The van der Waals surface area contributed by atoms with Crippen LogP contribution in [0.25, 0.3) is 0 Å². The SMILES string of the molecule is CCCCN1CCN(c2ccc(C(C(=O)NO)c3ccccc3)cc2)CC1. The molecule has 0 aromatic heterocycles. The van der Waals surface area contributed by atoms with E-state index in [1.165, 1.54) is 25.1 Å². The molecule has 0 saturated carbocycles. The van der Waals surface area contributed by atoms with Gasteiger partial charge in [-0.15, -0.1) is 0 Å². The van der Waals surface area contributed by atoms with Crippen LogP contribution in [0.15, 0.2) is 54.6 Å². The molecule has 1 heterocycles. The molecule has 5 nitrogen and oxygen atoms in total. The predicted molar refractivity (Wildman–Crippen MR) is 108 cm³/mol. The highest BCUT2D eigenvalue weighted by Crippen LogP contribution is 2.27. The Morgan fingerprint density at radius 3 is 2.22 bits per heavy atom. The first kappa shape index (κ1) is 19.4. The quantitative estimate of drug-likeness (QED) is 0.583. The van der Waals surface area contributed by atoms with E-state index >= 15 is 0 Å². The molecule has 1 amide bonds. The van der Waals surface area contributed by atoms with Gasteiger partial charge < -0.3 is 4.90 Å². The van der Waals surface area contributed by atoms with Crippen molar-refractivity contribution >= 4 is 11.6 Å². The van der Waals surface area contributed by atoms with E-state index in [0.717, 1.165) is 37.3 Å². The third-order valence-electron chi connectivity index (χ3n) is 5.30. The average Bonchev–Trinajstić information content (AvgIpc) is 2.74. The summed E-state index contributed by atoms with van der Waals surface area (Å²) in [6.45, 7) is 7.68. The molecule has 27 heavy (non-hydrogen) atoms. The minimum Gasteiger partial charge on any atom is -0.369 e. The number of amides is 1. The molecule has 0 aliphatic carbocycles. The molecule has 3 rings (SSSR count). The van der Waals surface area contributed by atoms with Crippen LogP contribution in [0, 0.1) is 0 Å². The largest absolute Gasteiger partial charge is 0.369 e. The number of nitrogens with zero attached hydrogens (tertiary/aromatic N) is 2. The van der Waals surface area contributed by atoms with E-state index in [0.29, 0.717) is 0 Å². The zero-order valence-electron chi connectivity index (χ0n) is 16.0. The summed E-state index contributed by atoms with van der Waals surface area (Å²) in [4.78, 5) is 17.2. The number of benzene rings is 2. The highest BCUT2D eigenvalue weighted by Gasteiger charge is 2.23. The summed E-state index contributed by atoms with van der Waals surface area (Å²) in [5, 5.41) is 9.16. The van der Waals surface area contributed by atoms with Crippen molar-refractivity contribution in [3.63, 3.8) is 0 Å². The van der Waals surface area contributed by atoms with Gasteiger partial charge in [0.15, 0.2) is 0 Å². The molecule has 2 N–H and O–H groups in total. The van der Waals surface area contributed by atoms with Crippen molar-refractivity contribution in [1.82, 2.24) is 10.4 Å². The smallest absolute Gasteiger partial charge is 0.255 e. The highest BCUT2D eigenvalue weighted by molar-refractivity contribution is 5.86. The number of carbonyl (C=O) groups is 1. The van der Waals surface area contributed by atoms with Crippen molar-refractivity contribution in [2.24, 2.45) is 0 Å². The van der Waals surface area contributed by atoms with Gasteiger partial charge in [0.1, 0.15) is 0 Å². The number of unbranched alkanes of at least 4 members (excludes halogenated alkanes) is 1. The van der Waals surface area contributed by atoms with E-state index in [4.69, 9.17) is 5.21 Å². The number of nitrogens with one attached hydrogen (secondary N) is 1. The van der Waals surface area contributed by atoms with Crippen LogP contribution in [0.2, 0.25) is 0 Å². The van der Waals surface area contributed by atoms with Crippen LogP contribution < -0.4 is 10.4 Å². The van der Waals surface area contributed by atoms with Crippen molar-refractivity contribution in [2.45, 2.75) is 25.7 Å². The second-order valence-electron chi connectivity index (χ2n) is 7.09. The van der Waals surface area contributed by atoms with E-state index in [-0.39, 0.29) is 0 Å². The van der Waals surface area contributed by atoms with E-state index in [2.05, 4.69) is 28.9 Å². The van der Waals surface area contributed by atoms with Gasteiger partial charge in [0, 0.05) is 31.9 Å². The molecule has 1 aliphatic rings. The molecule has 2 aromatic rings. The van der Waals surface area contributed by atoms with E-state index in [9.17, 15) is 4.79 Å². The van der Waals surface area contributed by atoms with Gasteiger partial charge >= 0.3 is 0 Å². The number of hydroxylamine groups is 1. The molecular weight excluding hydrogens is 338 g/mol. The molecule has 1 aliphatic heterocycles. The lowest BCUT2D eigenvalue weighted by Crippen LogP contribution is -2.46. The first-order chi connectivity index (χ1) is 13.2. The molecule has 1 saturated heterocycles. The monoisotopic (exact) mass is 367 g/mol. The summed E-state index contributed by atoms with van der Waals surface area (Å²) >= 11 is 0. The number of hydrogen-bond acceptors (Lipinski definition) is 4. The molecule has 1 unspecified atom stereocenters. The average molecular weight is 367 g/mol. The Morgan fingerprint density at radius 1 is 1.00 bits per heavy atom. The summed E-state index contributed by atoms with van der Waals surface area (Å²) in [5.41, 5.74) is 4.73. The molecule has 1 atom stereocenters. The first-order valence-corrected chi connectivity index (χ1v) is 9.79.